The number of morpholine rings is 1. The predicted molar refractivity (Wildman–Crippen MR) is 132 cm³/mol. The zero-order valence-electron chi connectivity index (χ0n) is 19.2. The maximum Gasteiger partial charge on any atom is 0.244 e. The van der Waals surface area contributed by atoms with E-state index in [-0.39, 0.29) is 5.91 Å². The highest BCUT2D eigenvalue weighted by Crippen LogP contribution is 2.40. The molecule has 1 aromatic heterocycles. The number of carbonyl (C=O) groups is 1. The number of carbonyl (C=O) groups excluding carboxylic acids is 1. The third-order valence-corrected chi connectivity index (χ3v) is 6.26. The number of hydrogen-bond donors (Lipinski definition) is 1. The second-order valence-corrected chi connectivity index (χ2v) is 8.62. The molecule has 0 atom stereocenters. The molecule has 33 heavy (non-hydrogen) atoms. The van der Waals surface area contributed by atoms with Crippen molar-refractivity contribution in [3.63, 3.8) is 0 Å². The van der Waals surface area contributed by atoms with Crippen LogP contribution in [-0.2, 0) is 9.53 Å². The van der Waals surface area contributed by atoms with Gasteiger partial charge in [-0.25, -0.2) is 0 Å². The zero-order valence-corrected chi connectivity index (χ0v) is 20.0. The molecule has 7 heteroatoms. The van der Waals surface area contributed by atoms with Gasteiger partial charge in [0.2, 0.25) is 5.91 Å². The summed E-state index contributed by atoms with van der Waals surface area (Å²) in [5.41, 5.74) is 5.33. The van der Waals surface area contributed by atoms with Crippen molar-refractivity contribution in [2.45, 2.75) is 13.8 Å². The van der Waals surface area contributed by atoms with E-state index in [1.54, 1.807) is 19.4 Å². The lowest BCUT2D eigenvalue weighted by atomic mass is 9.96. The van der Waals surface area contributed by atoms with Crippen LogP contribution in [0.25, 0.3) is 27.7 Å². The Bertz CT molecular complexity index is 1160. The van der Waals surface area contributed by atoms with E-state index in [0.29, 0.717) is 17.3 Å². The van der Waals surface area contributed by atoms with Crippen molar-refractivity contribution in [3.8, 4) is 16.9 Å². The van der Waals surface area contributed by atoms with Crippen molar-refractivity contribution in [1.29, 1.82) is 0 Å². The van der Waals surface area contributed by atoms with Crippen LogP contribution in [0.2, 0.25) is 5.02 Å². The number of rotatable bonds is 7. The number of aryl methyl sites for hydroxylation is 1. The Morgan fingerprint density at radius 2 is 1.97 bits per heavy atom. The van der Waals surface area contributed by atoms with Crippen LogP contribution in [0.5, 0.6) is 5.75 Å². The Hall–Kier alpha value is -2.80. The van der Waals surface area contributed by atoms with E-state index in [0.717, 1.165) is 71.6 Å². The van der Waals surface area contributed by atoms with Crippen molar-refractivity contribution in [2.24, 2.45) is 0 Å². The quantitative estimate of drug-likeness (QED) is 0.498. The standard InChI is InChI=1S/C26H29ClN2O4/c1-17(14-24(30)28-8-9-29-10-12-32-13-11-29)21-15-22-23(19-4-6-20(27)7-5-19)16-33-26(22)18(2)25(21)31-3/h4-7,14-16H,8-13H2,1-3H3,(H,28,30)/b17-14+. The van der Waals surface area contributed by atoms with Gasteiger partial charge in [0.15, 0.2) is 0 Å². The van der Waals surface area contributed by atoms with Crippen LogP contribution < -0.4 is 10.1 Å². The van der Waals surface area contributed by atoms with Gasteiger partial charge in [-0.3, -0.25) is 9.69 Å². The van der Waals surface area contributed by atoms with Crippen molar-refractivity contribution < 1.29 is 18.7 Å². The van der Waals surface area contributed by atoms with E-state index in [4.69, 9.17) is 25.5 Å². The van der Waals surface area contributed by atoms with E-state index in [1.165, 1.54) is 0 Å². The van der Waals surface area contributed by atoms with Crippen LogP contribution in [0.3, 0.4) is 0 Å². The molecule has 1 amide bonds. The smallest absolute Gasteiger partial charge is 0.244 e. The number of amides is 1. The number of benzene rings is 2. The molecule has 2 aromatic carbocycles. The van der Waals surface area contributed by atoms with Crippen molar-refractivity contribution >= 4 is 34.1 Å². The maximum absolute atomic E-state index is 12.6. The first-order chi connectivity index (χ1) is 16.0. The first-order valence-corrected chi connectivity index (χ1v) is 11.5. The molecule has 0 bridgehead atoms. The van der Waals surface area contributed by atoms with Gasteiger partial charge in [0.05, 0.1) is 26.6 Å². The first kappa shape index (κ1) is 23.4. The van der Waals surface area contributed by atoms with Crippen LogP contribution in [0.15, 0.2) is 47.1 Å². The largest absolute Gasteiger partial charge is 0.496 e. The first-order valence-electron chi connectivity index (χ1n) is 11.1. The van der Waals surface area contributed by atoms with Gasteiger partial charge >= 0.3 is 0 Å². The molecule has 6 nitrogen and oxygen atoms in total. The Labute approximate surface area is 199 Å². The fourth-order valence-electron chi connectivity index (χ4n) is 4.21. The number of furan rings is 1. The average Bonchev–Trinajstić information content (AvgIpc) is 3.24. The zero-order chi connectivity index (χ0) is 23.4. The van der Waals surface area contributed by atoms with Gasteiger partial charge < -0.3 is 19.2 Å². The molecule has 1 saturated heterocycles. The van der Waals surface area contributed by atoms with Gasteiger partial charge in [0.25, 0.3) is 0 Å². The summed E-state index contributed by atoms with van der Waals surface area (Å²) < 4.78 is 17.0. The summed E-state index contributed by atoms with van der Waals surface area (Å²) in [6.45, 7) is 8.61. The number of methoxy groups -OCH3 is 1. The third kappa shape index (κ3) is 5.24. The average molecular weight is 469 g/mol. The van der Waals surface area contributed by atoms with E-state index >= 15 is 0 Å². The SMILES string of the molecule is COc1c(/C(C)=C/C(=O)NCCN2CCOCC2)cc2c(-c3ccc(Cl)cc3)coc2c1C. The van der Waals surface area contributed by atoms with Crippen molar-refractivity contribution in [1.82, 2.24) is 10.2 Å². The molecule has 0 unspecified atom stereocenters. The van der Waals surface area contributed by atoms with Gasteiger partial charge in [-0.1, -0.05) is 23.7 Å². The minimum atomic E-state index is -0.120. The topological polar surface area (TPSA) is 63.9 Å². The highest BCUT2D eigenvalue weighted by molar-refractivity contribution is 6.30. The number of fused-ring (bicyclic) bond motifs is 1. The van der Waals surface area contributed by atoms with Crippen LogP contribution in [-0.4, -0.2) is 57.3 Å². The van der Waals surface area contributed by atoms with E-state index in [2.05, 4.69) is 10.2 Å². The highest BCUT2D eigenvalue weighted by atomic mass is 35.5. The summed E-state index contributed by atoms with van der Waals surface area (Å²) in [6.07, 6.45) is 3.38. The van der Waals surface area contributed by atoms with E-state index < -0.39 is 0 Å². The summed E-state index contributed by atoms with van der Waals surface area (Å²) >= 11 is 6.06. The summed E-state index contributed by atoms with van der Waals surface area (Å²) in [6, 6.07) is 9.69. The van der Waals surface area contributed by atoms with Crippen molar-refractivity contribution in [2.75, 3.05) is 46.5 Å². The molecule has 0 saturated carbocycles. The van der Waals surface area contributed by atoms with Crippen LogP contribution in [0.1, 0.15) is 18.1 Å². The molecule has 0 aliphatic carbocycles. The highest BCUT2D eigenvalue weighted by Gasteiger charge is 2.19. The number of ether oxygens (including phenoxy) is 2. The molecule has 2 heterocycles. The summed E-state index contributed by atoms with van der Waals surface area (Å²) in [4.78, 5) is 14.9. The van der Waals surface area contributed by atoms with E-state index in [1.807, 2.05) is 44.2 Å². The normalized spacial score (nSPS) is 15.1. The second-order valence-electron chi connectivity index (χ2n) is 8.19. The molecular formula is C26H29ClN2O4. The molecule has 174 valence electrons. The Morgan fingerprint density at radius 1 is 1.24 bits per heavy atom. The van der Waals surface area contributed by atoms with Gasteiger partial charge in [-0.15, -0.1) is 0 Å². The number of allylic oxidation sites excluding steroid dienone is 1. The monoisotopic (exact) mass is 468 g/mol. The lowest BCUT2D eigenvalue weighted by Crippen LogP contribution is -2.41. The number of hydrogen-bond acceptors (Lipinski definition) is 5. The summed E-state index contributed by atoms with van der Waals surface area (Å²) in [5, 5.41) is 4.64. The molecule has 3 aromatic rings. The fraction of sp³-hybridized carbons (Fsp3) is 0.346. The molecule has 1 fully saturated rings. The maximum atomic E-state index is 12.6. The lowest BCUT2D eigenvalue weighted by molar-refractivity contribution is -0.116. The van der Waals surface area contributed by atoms with Gasteiger partial charge in [0, 0.05) is 59.4 Å². The van der Waals surface area contributed by atoms with Gasteiger partial charge in [0.1, 0.15) is 11.3 Å². The summed E-state index contributed by atoms with van der Waals surface area (Å²) in [5.74, 6) is 0.583. The second kappa shape index (κ2) is 10.4. The van der Waals surface area contributed by atoms with Crippen molar-refractivity contribution in [3.05, 3.63) is 58.8 Å². The predicted octanol–water partition coefficient (Wildman–Crippen LogP) is 4.92. The lowest BCUT2D eigenvalue weighted by Gasteiger charge is -2.26. The molecule has 1 N–H and O–H groups in total. The van der Waals surface area contributed by atoms with Gasteiger partial charge in [-0.2, -0.15) is 0 Å². The number of nitrogens with one attached hydrogen (secondary N) is 1. The fourth-order valence-corrected chi connectivity index (χ4v) is 4.34. The van der Waals surface area contributed by atoms with Crippen LogP contribution in [0.4, 0.5) is 0 Å². The molecule has 0 radical (unpaired) electrons. The van der Waals surface area contributed by atoms with Gasteiger partial charge in [-0.05, 0) is 43.2 Å². The third-order valence-electron chi connectivity index (χ3n) is 6.01. The number of halogens is 1. The Morgan fingerprint density at radius 3 is 2.67 bits per heavy atom. The minimum absolute atomic E-state index is 0.120. The Kier molecular flexibility index (Phi) is 7.38. The van der Waals surface area contributed by atoms with Crippen LogP contribution >= 0.6 is 11.6 Å². The molecule has 0 spiro atoms. The van der Waals surface area contributed by atoms with Crippen LogP contribution in [0, 0.1) is 6.92 Å². The molecule has 1 aliphatic heterocycles. The minimum Gasteiger partial charge on any atom is -0.496 e. The number of nitrogens with zero attached hydrogens (tertiary/aromatic N) is 1. The summed E-state index contributed by atoms with van der Waals surface area (Å²) in [7, 11) is 1.64. The molecule has 1 aliphatic rings. The molecular weight excluding hydrogens is 440 g/mol. The Balaban J connectivity index is 1.59. The van der Waals surface area contributed by atoms with E-state index in [9.17, 15) is 4.79 Å². The molecule has 4 rings (SSSR count).